The number of ether oxygens (including phenoxy) is 1. The number of fused-ring (bicyclic) bond motifs is 2. The minimum atomic E-state index is -3.74. The van der Waals surface area contributed by atoms with Gasteiger partial charge in [0.05, 0.1) is 12.9 Å². The van der Waals surface area contributed by atoms with E-state index in [0.717, 1.165) is 6.42 Å². The van der Waals surface area contributed by atoms with Gasteiger partial charge in [-0.05, 0) is 31.1 Å². The minimum absolute atomic E-state index is 0.0415. The van der Waals surface area contributed by atoms with E-state index in [0.29, 0.717) is 12.8 Å². The van der Waals surface area contributed by atoms with E-state index in [2.05, 4.69) is 9.46 Å². The smallest absolute Gasteiger partial charge is 0.323 e. The van der Waals surface area contributed by atoms with Crippen LogP contribution in [-0.4, -0.2) is 39.1 Å². The first-order valence-electron chi connectivity index (χ1n) is 7.17. The van der Waals surface area contributed by atoms with E-state index in [1.807, 2.05) is 13.8 Å². The Kier molecular flexibility index (Phi) is 3.95. The third-order valence-corrected chi connectivity index (χ3v) is 7.07. The fraction of sp³-hybridized carbons (Fsp3) is 0.857. The van der Waals surface area contributed by atoms with Gasteiger partial charge in [0.25, 0.3) is 0 Å². The lowest BCUT2D eigenvalue weighted by atomic mass is 9.70. The lowest BCUT2D eigenvalue weighted by molar-refractivity contribution is -0.142. The first-order valence-corrected chi connectivity index (χ1v) is 8.82. The van der Waals surface area contributed by atoms with Crippen molar-refractivity contribution < 1.29 is 22.7 Å². The second-order valence-corrected chi connectivity index (χ2v) is 8.54. The molecule has 0 amide bonds. The van der Waals surface area contributed by atoms with Gasteiger partial charge >= 0.3 is 5.97 Å². The molecule has 0 saturated heterocycles. The number of nitrogens with one attached hydrogen (secondary N) is 1. The lowest BCUT2D eigenvalue weighted by Crippen LogP contribution is -2.48. The van der Waals surface area contributed by atoms with E-state index in [1.54, 1.807) is 0 Å². The van der Waals surface area contributed by atoms with Crippen molar-refractivity contribution >= 4 is 21.8 Å². The molecule has 0 spiro atoms. The summed E-state index contributed by atoms with van der Waals surface area (Å²) in [5, 5.41) is 0. The van der Waals surface area contributed by atoms with Crippen LogP contribution in [0, 0.1) is 16.7 Å². The molecule has 2 rings (SSSR count). The molecule has 0 radical (unpaired) electrons. The molecule has 0 aromatic carbocycles. The fourth-order valence-electron chi connectivity index (χ4n) is 3.97. The highest BCUT2D eigenvalue weighted by molar-refractivity contribution is 7.89. The number of ketones is 1. The summed E-state index contributed by atoms with van der Waals surface area (Å²) in [7, 11) is -2.53. The quantitative estimate of drug-likeness (QED) is 0.760. The van der Waals surface area contributed by atoms with Crippen molar-refractivity contribution in [3.8, 4) is 0 Å². The summed E-state index contributed by atoms with van der Waals surface area (Å²) in [4.78, 5) is 23.7. The first-order chi connectivity index (χ1) is 9.56. The molecular formula is C14H23NO5S. The van der Waals surface area contributed by atoms with Crippen molar-refractivity contribution in [1.82, 2.24) is 4.72 Å². The highest BCUT2D eigenvalue weighted by atomic mass is 32.2. The number of Topliss-reactive ketones (excluding diaryl/α,β-unsaturated/α-hetero) is 1. The van der Waals surface area contributed by atoms with Crippen molar-refractivity contribution in [2.24, 2.45) is 16.7 Å². The first kappa shape index (κ1) is 16.4. The Morgan fingerprint density at radius 1 is 1.48 bits per heavy atom. The van der Waals surface area contributed by atoms with Crippen LogP contribution in [-0.2, 0) is 24.3 Å². The van der Waals surface area contributed by atoms with Gasteiger partial charge in [0.15, 0.2) is 0 Å². The van der Waals surface area contributed by atoms with Crippen molar-refractivity contribution in [2.45, 2.75) is 46.1 Å². The van der Waals surface area contributed by atoms with Gasteiger partial charge in [0, 0.05) is 11.8 Å². The number of carbonyl (C=O) groups is 2. The number of rotatable bonds is 5. The molecule has 2 aliphatic rings. The highest BCUT2D eigenvalue weighted by Crippen LogP contribution is 2.64. The SMILES string of the molecule is COC(=O)[C@H](C)NS(=O)(=O)C[C@@]12CC[C@@H](CC1=O)C2(C)C. The maximum absolute atomic E-state index is 12.4. The van der Waals surface area contributed by atoms with Crippen molar-refractivity contribution in [3.05, 3.63) is 0 Å². The zero-order valence-electron chi connectivity index (χ0n) is 12.9. The van der Waals surface area contributed by atoms with Gasteiger partial charge in [0.2, 0.25) is 10.0 Å². The number of sulfonamides is 1. The molecule has 0 aromatic rings. The molecule has 3 atom stereocenters. The maximum atomic E-state index is 12.4. The molecule has 0 heterocycles. The van der Waals surface area contributed by atoms with Crippen LogP contribution in [0.3, 0.4) is 0 Å². The van der Waals surface area contributed by atoms with Crippen molar-refractivity contribution in [3.63, 3.8) is 0 Å². The highest BCUT2D eigenvalue weighted by Gasteiger charge is 2.65. The molecule has 2 fully saturated rings. The predicted molar refractivity (Wildman–Crippen MR) is 77.0 cm³/mol. The standard InChI is InChI=1S/C14H23NO5S/c1-9(12(17)20-4)15-21(18,19)8-14-6-5-10(7-11(14)16)13(14,2)3/h9-10,15H,5-8H2,1-4H3/t9-,10-,14-/m0/s1. The van der Waals surface area contributed by atoms with Crippen LogP contribution in [0.15, 0.2) is 0 Å². The van der Waals surface area contributed by atoms with E-state index >= 15 is 0 Å². The third kappa shape index (κ3) is 2.50. The normalized spacial score (nSPS) is 32.2. The number of esters is 1. The number of hydrogen-bond acceptors (Lipinski definition) is 5. The second kappa shape index (κ2) is 5.05. The number of carbonyl (C=O) groups excluding carboxylic acids is 2. The predicted octanol–water partition coefficient (Wildman–Crippen LogP) is 0.863. The molecule has 2 bridgehead atoms. The summed E-state index contributed by atoms with van der Waals surface area (Å²) in [5.41, 5.74) is -1.13. The Morgan fingerprint density at radius 3 is 2.52 bits per heavy atom. The molecular weight excluding hydrogens is 294 g/mol. The molecule has 0 aromatic heterocycles. The zero-order valence-corrected chi connectivity index (χ0v) is 13.7. The number of hydrogen-bond donors (Lipinski definition) is 1. The summed E-state index contributed by atoms with van der Waals surface area (Å²) in [6.07, 6.45) is 1.97. The maximum Gasteiger partial charge on any atom is 0.323 e. The Hall–Kier alpha value is -0.950. The molecule has 0 aliphatic heterocycles. The Bertz CT molecular complexity index is 568. The zero-order chi connectivity index (χ0) is 16.1. The van der Waals surface area contributed by atoms with Crippen molar-refractivity contribution in [1.29, 1.82) is 0 Å². The summed E-state index contributed by atoms with van der Waals surface area (Å²) < 4.78 is 31.6. The van der Waals surface area contributed by atoms with Crippen LogP contribution in [0.5, 0.6) is 0 Å². The minimum Gasteiger partial charge on any atom is -0.468 e. The molecule has 2 aliphatic carbocycles. The molecule has 2 saturated carbocycles. The van der Waals surface area contributed by atoms with E-state index in [9.17, 15) is 18.0 Å². The third-order valence-electron chi connectivity index (χ3n) is 5.49. The Balaban J connectivity index is 2.20. The molecule has 7 heteroatoms. The summed E-state index contributed by atoms with van der Waals surface area (Å²) in [6, 6.07) is -0.951. The van der Waals surface area contributed by atoms with E-state index in [-0.39, 0.29) is 22.9 Å². The largest absolute Gasteiger partial charge is 0.468 e. The van der Waals surface area contributed by atoms with Gasteiger partial charge in [-0.1, -0.05) is 13.8 Å². The summed E-state index contributed by atoms with van der Waals surface area (Å²) in [6.45, 7) is 5.39. The van der Waals surface area contributed by atoms with Crippen molar-refractivity contribution in [2.75, 3.05) is 12.9 Å². The topological polar surface area (TPSA) is 89.5 Å². The van der Waals surface area contributed by atoms with Gasteiger partial charge in [-0.25, -0.2) is 13.1 Å². The molecule has 120 valence electrons. The molecule has 1 N–H and O–H groups in total. The summed E-state index contributed by atoms with van der Waals surface area (Å²) >= 11 is 0. The average Bonchev–Trinajstić information content (AvgIpc) is 2.70. The van der Waals surface area contributed by atoms with Gasteiger partial charge in [-0.3, -0.25) is 9.59 Å². The van der Waals surface area contributed by atoms with Crippen LogP contribution in [0.1, 0.15) is 40.0 Å². The monoisotopic (exact) mass is 317 g/mol. The molecule has 6 nitrogen and oxygen atoms in total. The van der Waals surface area contributed by atoms with Crippen LogP contribution in [0.4, 0.5) is 0 Å². The van der Waals surface area contributed by atoms with Gasteiger partial charge in [-0.2, -0.15) is 0 Å². The second-order valence-electron chi connectivity index (χ2n) is 6.79. The Labute approximate surface area is 125 Å². The van der Waals surface area contributed by atoms with Gasteiger partial charge in [-0.15, -0.1) is 0 Å². The van der Waals surface area contributed by atoms with E-state index in [1.165, 1.54) is 14.0 Å². The summed E-state index contributed by atoms with van der Waals surface area (Å²) in [5.74, 6) is -0.584. The molecule has 21 heavy (non-hydrogen) atoms. The van der Waals surface area contributed by atoms with Crippen LogP contribution in [0.25, 0.3) is 0 Å². The van der Waals surface area contributed by atoms with Crippen LogP contribution in [0.2, 0.25) is 0 Å². The van der Waals surface area contributed by atoms with Crippen LogP contribution < -0.4 is 4.72 Å². The molecule has 0 unspecified atom stereocenters. The van der Waals surface area contributed by atoms with Crippen LogP contribution >= 0.6 is 0 Å². The fourth-order valence-corrected chi connectivity index (χ4v) is 6.01. The van der Waals surface area contributed by atoms with Gasteiger partial charge in [0.1, 0.15) is 11.8 Å². The number of methoxy groups -OCH3 is 1. The van der Waals surface area contributed by atoms with Gasteiger partial charge < -0.3 is 4.74 Å². The van der Waals surface area contributed by atoms with E-state index < -0.39 is 27.4 Å². The van der Waals surface area contributed by atoms with E-state index in [4.69, 9.17) is 0 Å². The Morgan fingerprint density at radius 2 is 2.10 bits per heavy atom. The average molecular weight is 317 g/mol. The lowest BCUT2D eigenvalue weighted by Gasteiger charge is -2.36.